The summed E-state index contributed by atoms with van der Waals surface area (Å²) in [6.07, 6.45) is 5.43. The van der Waals surface area contributed by atoms with Gasteiger partial charge in [-0.3, -0.25) is 4.79 Å². The number of hydrogen-bond donors (Lipinski definition) is 2. The van der Waals surface area contributed by atoms with E-state index in [0.717, 1.165) is 24.4 Å². The number of nitrogens with one attached hydrogen (secondary N) is 2. The van der Waals surface area contributed by atoms with Gasteiger partial charge in [0.1, 0.15) is 5.82 Å². The number of hydrogen-bond acceptors (Lipinski definition) is 3. The Hall–Kier alpha value is -1.07. The van der Waals surface area contributed by atoms with E-state index in [0.29, 0.717) is 24.4 Å². The average Bonchev–Trinajstić information content (AvgIpc) is 3.01. The molecule has 2 fully saturated rings. The van der Waals surface area contributed by atoms with Crippen LogP contribution in [0.15, 0.2) is 6.07 Å². The predicted molar refractivity (Wildman–Crippen MR) is 109 cm³/mol. The van der Waals surface area contributed by atoms with Crippen LogP contribution in [0, 0.1) is 5.92 Å². The lowest BCUT2D eigenvalue weighted by atomic mass is 9.89. The molecule has 1 amide bonds. The monoisotopic (exact) mass is 382 g/mol. The van der Waals surface area contributed by atoms with Crippen LogP contribution in [0.3, 0.4) is 0 Å². The summed E-state index contributed by atoms with van der Waals surface area (Å²) in [5.74, 6) is 1.45. The van der Waals surface area contributed by atoms with Gasteiger partial charge in [0.2, 0.25) is 5.91 Å². The summed E-state index contributed by atoms with van der Waals surface area (Å²) in [6, 6.07) is 3.29. The normalized spacial score (nSPS) is 25.7. The molecule has 148 valence electrons. The highest BCUT2D eigenvalue weighted by Crippen LogP contribution is 2.33. The Balaban J connectivity index is 0.00000243. The zero-order valence-corrected chi connectivity index (χ0v) is 17.9. The highest BCUT2D eigenvalue weighted by atomic mass is 35.5. The molecule has 2 aliphatic heterocycles. The van der Waals surface area contributed by atoms with Crippen molar-refractivity contribution in [3.63, 3.8) is 0 Å². The molecule has 2 aliphatic rings. The number of fused-ring (bicyclic) bond motifs is 2. The van der Waals surface area contributed by atoms with E-state index in [1.54, 1.807) is 0 Å². The van der Waals surface area contributed by atoms with Crippen molar-refractivity contribution in [2.75, 3.05) is 5.32 Å². The molecule has 5 nitrogen and oxygen atoms in total. The molecule has 6 heteroatoms. The number of nitrogens with zero attached hydrogens (tertiary/aromatic N) is 2. The molecule has 26 heavy (non-hydrogen) atoms. The minimum absolute atomic E-state index is 0. The molecule has 0 aliphatic carbocycles. The minimum atomic E-state index is -0.167. The second-order valence-corrected chi connectivity index (χ2v) is 9.98. The van der Waals surface area contributed by atoms with Gasteiger partial charge >= 0.3 is 0 Å². The summed E-state index contributed by atoms with van der Waals surface area (Å²) in [6.45, 7) is 12.8. The first-order valence-electron chi connectivity index (χ1n) is 9.69. The summed E-state index contributed by atoms with van der Waals surface area (Å²) in [5, 5.41) is 11.6. The van der Waals surface area contributed by atoms with Gasteiger partial charge in [-0.25, -0.2) is 4.68 Å². The van der Waals surface area contributed by atoms with Gasteiger partial charge in [-0.2, -0.15) is 5.10 Å². The molecule has 0 spiro atoms. The molecule has 0 saturated carbocycles. The molecule has 0 radical (unpaired) electrons. The van der Waals surface area contributed by atoms with Crippen LogP contribution in [0.1, 0.15) is 79.3 Å². The second-order valence-electron chi connectivity index (χ2n) is 9.98. The molecule has 2 bridgehead atoms. The van der Waals surface area contributed by atoms with Crippen molar-refractivity contribution in [3.05, 3.63) is 11.8 Å². The van der Waals surface area contributed by atoms with E-state index in [2.05, 4.69) is 52.2 Å². The van der Waals surface area contributed by atoms with E-state index in [-0.39, 0.29) is 29.3 Å². The number of rotatable bonds is 3. The molecule has 0 aromatic carbocycles. The zero-order valence-electron chi connectivity index (χ0n) is 17.1. The third-order valence-electron chi connectivity index (χ3n) is 5.43. The van der Waals surface area contributed by atoms with E-state index >= 15 is 0 Å². The Labute approximate surface area is 164 Å². The maximum atomic E-state index is 12.7. The van der Waals surface area contributed by atoms with Gasteiger partial charge in [-0.05, 0) is 52.4 Å². The van der Waals surface area contributed by atoms with Gasteiger partial charge < -0.3 is 10.6 Å². The summed E-state index contributed by atoms with van der Waals surface area (Å²) >= 11 is 0. The van der Waals surface area contributed by atoms with Crippen molar-refractivity contribution >= 4 is 24.1 Å². The van der Waals surface area contributed by atoms with Crippen LogP contribution in [0.25, 0.3) is 0 Å². The van der Waals surface area contributed by atoms with Crippen molar-refractivity contribution in [2.24, 2.45) is 5.92 Å². The number of anilines is 1. The Morgan fingerprint density at radius 1 is 1.19 bits per heavy atom. The van der Waals surface area contributed by atoms with Crippen LogP contribution < -0.4 is 10.6 Å². The van der Waals surface area contributed by atoms with Crippen molar-refractivity contribution < 1.29 is 4.79 Å². The second kappa shape index (κ2) is 7.51. The maximum absolute atomic E-state index is 12.7. The zero-order chi connectivity index (χ0) is 18.4. The van der Waals surface area contributed by atoms with Gasteiger partial charge in [0, 0.05) is 30.0 Å². The maximum Gasteiger partial charge on any atom is 0.225 e. The van der Waals surface area contributed by atoms with Gasteiger partial charge in [0.05, 0.1) is 11.2 Å². The summed E-state index contributed by atoms with van der Waals surface area (Å²) in [5.41, 5.74) is 0.808. The quantitative estimate of drug-likeness (QED) is 0.822. The summed E-state index contributed by atoms with van der Waals surface area (Å²) in [7, 11) is 0. The smallest absolute Gasteiger partial charge is 0.225 e. The van der Waals surface area contributed by atoms with Crippen LogP contribution >= 0.6 is 12.4 Å². The number of carbonyl (C=O) groups is 1. The van der Waals surface area contributed by atoms with Gasteiger partial charge in [-0.15, -0.1) is 12.4 Å². The molecular weight excluding hydrogens is 348 g/mol. The first-order valence-corrected chi connectivity index (χ1v) is 9.69. The fourth-order valence-corrected chi connectivity index (χ4v) is 4.15. The summed E-state index contributed by atoms with van der Waals surface area (Å²) in [4.78, 5) is 12.7. The van der Waals surface area contributed by atoms with Gasteiger partial charge in [0.25, 0.3) is 0 Å². The average molecular weight is 383 g/mol. The van der Waals surface area contributed by atoms with Crippen LogP contribution in [0.2, 0.25) is 0 Å². The van der Waals surface area contributed by atoms with Crippen LogP contribution in [-0.2, 0) is 15.7 Å². The Morgan fingerprint density at radius 3 is 2.27 bits per heavy atom. The van der Waals surface area contributed by atoms with E-state index in [4.69, 9.17) is 5.10 Å². The first-order chi connectivity index (χ1) is 11.5. The van der Waals surface area contributed by atoms with E-state index in [1.165, 1.54) is 12.8 Å². The Bertz CT molecular complexity index is 629. The van der Waals surface area contributed by atoms with E-state index < -0.39 is 0 Å². The standard InChI is InChI=1S/C20H34N4O.ClH/c1-19(2,3)16-12-17(24(23-16)20(4,5)6)22-18(25)11-13-9-14-7-8-15(10-13)21-14;/h12-15,21H,7-11H2,1-6H3,(H,22,25);1H. The van der Waals surface area contributed by atoms with Crippen molar-refractivity contribution in [2.45, 2.75) is 96.7 Å². The topological polar surface area (TPSA) is 59.0 Å². The Morgan fingerprint density at radius 2 is 1.77 bits per heavy atom. The van der Waals surface area contributed by atoms with Crippen LogP contribution in [0.4, 0.5) is 5.82 Å². The lowest BCUT2D eigenvalue weighted by Gasteiger charge is -2.29. The van der Waals surface area contributed by atoms with Gasteiger partial charge in [-0.1, -0.05) is 20.8 Å². The first kappa shape index (κ1) is 21.2. The highest BCUT2D eigenvalue weighted by molar-refractivity contribution is 5.90. The van der Waals surface area contributed by atoms with Crippen molar-refractivity contribution in [1.82, 2.24) is 15.1 Å². The largest absolute Gasteiger partial charge is 0.311 e. The molecule has 2 saturated heterocycles. The third-order valence-corrected chi connectivity index (χ3v) is 5.43. The number of halogens is 1. The minimum Gasteiger partial charge on any atom is -0.311 e. The van der Waals surface area contributed by atoms with Gasteiger partial charge in [0.15, 0.2) is 0 Å². The molecule has 2 N–H and O–H groups in total. The number of amides is 1. The van der Waals surface area contributed by atoms with Crippen molar-refractivity contribution in [3.8, 4) is 0 Å². The molecule has 3 rings (SSSR count). The van der Waals surface area contributed by atoms with E-state index in [9.17, 15) is 4.79 Å². The number of piperidine rings is 1. The predicted octanol–water partition coefficient (Wildman–Crippen LogP) is 4.22. The fourth-order valence-electron chi connectivity index (χ4n) is 4.15. The highest BCUT2D eigenvalue weighted by Gasteiger charge is 2.34. The fraction of sp³-hybridized carbons (Fsp3) is 0.800. The molecule has 2 atom stereocenters. The molecule has 3 heterocycles. The lowest BCUT2D eigenvalue weighted by molar-refractivity contribution is -0.117. The third kappa shape index (κ3) is 4.80. The van der Waals surface area contributed by atoms with Crippen molar-refractivity contribution in [1.29, 1.82) is 0 Å². The molecule has 1 aromatic rings. The van der Waals surface area contributed by atoms with Crippen LogP contribution in [0.5, 0.6) is 0 Å². The SMILES string of the molecule is CC(C)(C)c1cc(NC(=O)CC2CC3CCC(C2)N3)n(C(C)(C)C)n1.Cl. The number of carbonyl (C=O) groups excluding carboxylic acids is 1. The molecular formula is C20H35ClN4O. The van der Waals surface area contributed by atoms with E-state index in [1.807, 2.05) is 10.7 Å². The number of aromatic nitrogens is 2. The molecule has 2 unspecified atom stereocenters. The molecule has 1 aromatic heterocycles. The Kier molecular flexibility index (Phi) is 6.13. The van der Waals surface area contributed by atoms with Crippen LogP contribution in [-0.4, -0.2) is 27.8 Å². The lowest BCUT2D eigenvalue weighted by Crippen LogP contribution is -2.39. The summed E-state index contributed by atoms with van der Waals surface area (Å²) < 4.78 is 1.96.